The number of nitrogens with zero attached hydrogens (tertiary/aromatic N) is 2. The topological polar surface area (TPSA) is 27.1 Å². The summed E-state index contributed by atoms with van der Waals surface area (Å²) in [6.07, 6.45) is -4.65. The van der Waals surface area contributed by atoms with E-state index in [0.717, 1.165) is 27.4 Å². The smallest absolute Gasteiger partial charge is 0.435 e. The second-order valence-electron chi connectivity index (χ2n) is 7.27. The highest BCUT2D eigenvalue weighted by molar-refractivity contribution is 6.37. The van der Waals surface area contributed by atoms with E-state index in [1.165, 1.54) is 24.3 Å². The first-order valence-corrected chi connectivity index (χ1v) is 10.5. The zero-order chi connectivity index (χ0) is 23.8. The Morgan fingerprint density at radius 3 is 2.21 bits per heavy atom. The molecule has 0 N–H and O–H groups in total. The van der Waals surface area contributed by atoms with Crippen molar-refractivity contribution in [2.24, 2.45) is 0 Å². The van der Waals surface area contributed by atoms with Gasteiger partial charge in [0, 0.05) is 0 Å². The number of aromatic nitrogens is 2. The van der Waals surface area contributed by atoms with Crippen LogP contribution in [-0.2, 0) is 12.8 Å². The number of hydrogen-bond donors (Lipinski definition) is 0. The van der Waals surface area contributed by atoms with Gasteiger partial charge in [-0.1, -0.05) is 47.5 Å². The molecule has 0 aliphatic heterocycles. The van der Waals surface area contributed by atoms with Gasteiger partial charge in [0.05, 0.1) is 15.7 Å². The highest BCUT2D eigenvalue weighted by Crippen LogP contribution is 2.34. The molecule has 0 amide bonds. The highest BCUT2D eigenvalue weighted by Gasteiger charge is 2.35. The van der Waals surface area contributed by atoms with Crippen molar-refractivity contribution >= 4 is 23.2 Å². The molecule has 0 aliphatic rings. The highest BCUT2D eigenvalue weighted by atomic mass is 35.5. The summed E-state index contributed by atoms with van der Waals surface area (Å²) in [4.78, 5) is 0. The van der Waals surface area contributed by atoms with E-state index in [4.69, 9.17) is 27.9 Å². The third kappa shape index (κ3) is 4.99. The van der Waals surface area contributed by atoms with E-state index < -0.39 is 11.9 Å². The fraction of sp³-hybridized carbons (Fsp3) is 0.125. The van der Waals surface area contributed by atoms with Crippen LogP contribution < -0.4 is 4.74 Å². The number of halogens is 6. The first kappa shape index (κ1) is 23.1. The minimum atomic E-state index is -4.65. The van der Waals surface area contributed by atoms with E-state index in [0.29, 0.717) is 5.75 Å². The van der Waals surface area contributed by atoms with Gasteiger partial charge in [-0.2, -0.15) is 18.3 Å². The number of rotatable bonds is 5. The third-order valence-corrected chi connectivity index (χ3v) is 5.57. The minimum absolute atomic E-state index is 0.121. The van der Waals surface area contributed by atoms with E-state index >= 15 is 0 Å². The Kier molecular flexibility index (Phi) is 6.36. The number of aryl methyl sites for hydroxylation is 1. The molecule has 0 radical (unpaired) electrons. The summed E-state index contributed by atoms with van der Waals surface area (Å²) in [5, 5.41) is 3.97. The molecule has 9 heteroatoms. The fourth-order valence-corrected chi connectivity index (χ4v) is 3.94. The van der Waals surface area contributed by atoms with Crippen molar-refractivity contribution in [3.05, 3.63) is 99.5 Å². The molecule has 0 fully saturated rings. The second kappa shape index (κ2) is 9.08. The van der Waals surface area contributed by atoms with Gasteiger partial charge in [-0.3, -0.25) is 0 Å². The van der Waals surface area contributed by atoms with Crippen LogP contribution in [0.5, 0.6) is 5.75 Å². The summed E-state index contributed by atoms with van der Waals surface area (Å²) in [5.74, 6) is 0.120. The molecule has 0 spiro atoms. The molecule has 0 aliphatic carbocycles. The van der Waals surface area contributed by atoms with Crippen molar-refractivity contribution in [3.8, 4) is 22.6 Å². The zero-order valence-corrected chi connectivity index (χ0v) is 18.6. The van der Waals surface area contributed by atoms with E-state index in [9.17, 15) is 17.6 Å². The Balaban J connectivity index is 1.61. The molecule has 0 saturated carbocycles. The summed E-state index contributed by atoms with van der Waals surface area (Å²) in [7, 11) is 0. The van der Waals surface area contributed by atoms with Gasteiger partial charge in [0.25, 0.3) is 0 Å². The Morgan fingerprint density at radius 2 is 1.61 bits per heavy atom. The Bertz CT molecular complexity index is 1280. The van der Waals surface area contributed by atoms with Gasteiger partial charge >= 0.3 is 6.18 Å². The van der Waals surface area contributed by atoms with Crippen molar-refractivity contribution in [2.45, 2.75) is 19.7 Å². The van der Waals surface area contributed by atoms with Crippen LogP contribution in [0.4, 0.5) is 17.6 Å². The van der Waals surface area contributed by atoms with Crippen molar-refractivity contribution in [3.63, 3.8) is 0 Å². The molecule has 3 nitrogen and oxygen atoms in total. The maximum Gasteiger partial charge on any atom is 0.435 e. The maximum absolute atomic E-state index is 13.4. The van der Waals surface area contributed by atoms with Gasteiger partial charge in [-0.15, -0.1) is 0 Å². The van der Waals surface area contributed by atoms with Gasteiger partial charge < -0.3 is 4.74 Å². The standard InChI is InChI=1S/C24H16Cl2F4N2O/c1-14-11-16(27)7-10-19(14)15-5-8-18(9-6-15)33-13-17-12-22(24(28,29)30)31-32(17)23-20(25)3-2-4-21(23)26/h2-12H,13H2,1H3. The largest absolute Gasteiger partial charge is 0.487 e. The molecule has 0 atom stereocenters. The normalized spacial score (nSPS) is 11.6. The molecular formula is C24H16Cl2F4N2O. The summed E-state index contributed by atoms with van der Waals surface area (Å²) in [5.41, 5.74) is 1.67. The number of ether oxygens (including phenoxy) is 1. The van der Waals surface area contributed by atoms with Crippen LogP contribution >= 0.6 is 23.2 Å². The third-order valence-electron chi connectivity index (χ3n) is 4.96. The Hall–Kier alpha value is -3.03. The number of benzene rings is 3. The van der Waals surface area contributed by atoms with Gasteiger partial charge in [-0.25, -0.2) is 9.07 Å². The molecule has 1 heterocycles. The van der Waals surface area contributed by atoms with Crippen LogP contribution in [0.2, 0.25) is 10.0 Å². The van der Waals surface area contributed by atoms with Crippen LogP contribution in [0.15, 0.2) is 66.7 Å². The van der Waals surface area contributed by atoms with Crippen LogP contribution in [0.1, 0.15) is 17.0 Å². The van der Waals surface area contributed by atoms with E-state index in [1.807, 2.05) is 6.92 Å². The van der Waals surface area contributed by atoms with Crippen molar-refractivity contribution < 1.29 is 22.3 Å². The molecule has 33 heavy (non-hydrogen) atoms. The summed E-state index contributed by atoms with van der Waals surface area (Å²) in [6.45, 7) is 1.60. The lowest BCUT2D eigenvalue weighted by atomic mass is 10.0. The van der Waals surface area contributed by atoms with Crippen molar-refractivity contribution in [1.29, 1.82) is 0 Å². The molecule has 4 rings (SSSR count). The summed E-state index contributed by atoms with van der Waals surface area (Å²) < 4.78 is 60.1. The minimum Gasteiger partial charge on any atom is -0.487 e. The van der Waals surface area contributed by atoms with Crippen LogP contribution in [0.25, 0.3) is 16.8 Å². The molecule has 170 valence electrons. The van der Waals surface area contributed by atoms with Gasteiger partial charge in [0.2, 0.25) is 0 Å². The van der Waals surface area contributed by atoms with Gasteiger partial charge in [0.15, 0.2) is 5.69 Å². The summed E-state index contributed by atoms with van der Waals surface area (Å²) in [6, 6.07) is 17.0. The molecular weight excluding hydrogens is 479 g/mol. The quantitative estimate of drug-likeness (QED) is 0.263. The lowest BCUT2D eigenvalue weighted by Gasteiger charge is -2.12. The predicted molar refractivity (Wildman–Crippen MR) is 119 cm³/mol. The first-order valence-electron chi connectivity index (χ1n) is 9.73. The SMILES string of the molecule is Cc1cc(F)ccc1-c1ccc(OCc2cc(C(F)(F)F)nn2-c2c(Cl)cccc2Cl)cc1. The fourth-order valence-electron chi connectivity index (χ4n) is 3.39. The average molecular weight is 495 g/mol. The maximum atomic E-state index is 13.4. The molecule has 0 unspecified atom stereocenters. The lowest BCUT2D eigenvalue weighted by Crippen LogP contribution is -2.09. The first-order chi connectivity index (χ1) is 15.6. The van der Waals surface area contributed by atoms with E-state index in [1.54, 1.807) is 36.4 Å². The summed E-state index contributed by atoms with van der Waals surface area (Å²) >= 11 is 12.4. The van der Waals surface area contributed by atoms with Crippen molar-refractivity contribution in [1.82, 2.24) is 9.78 Å². The molecule has 0 saturated heterocycles. The average Bonchev–Trinajstić information content (AvgIpc) is 3.17. The Labute approximate surface area is 197 Å². The predicted octanol–water partition coefficient (Wildman–Crippen LogP) is 7.89. The van der Waals surface area contributed by atoms with Gasteiger partial charge in [0.1, 0.15) is 23.9 Å². The van der Waals surface area contributed by atoms with Crippen molar-refractivity contribution in [2.75, 3.05) is 0 Å². The second-order valence-corrected chi connectivity index (χ2v) is 8.09. The molecule has 4 aromatic rings. The zero-order valence-electron chi connectivity index (χ0n) is 17.1. The number of hydrogen-bond acceptors (Lipinski definition) is 2. The Morgan fingerprint density at radius 1 is 0.939 bits per heavy atom. The molecule has 3 aromatic carbocycles. The number of alkyl halides is 3. The monoisotopic (exact) mass is 494 g/mol. The van der Waals surface area contributed by atoms with Crippen LogP contribution in [0, 0.1) is 12.7 Å². The van der Waals surface area contributed by atoms with E-state index in [-0.39, 0.29) is 33.9 Å². The van der Waals surface area contributed by atoms with Crippen LogP contribution in [-0.4, -0.2) is 9.78 Å². The number of para-hydroxylation sites is 1. The van der Waals surface area contributed by atoms with Gasteiger partial charge in [-0.05, 0) is 66.1 Å². The lowest BCUT2D eigenvalue weighted by molar-refractivity contribution is -0.141. The molecule has 0 bridgehead atoms. The van der Waals surface area contributed by atoms with E-state index in [2.05, 4.69) is 5.10 Å². The molecule has 1 aromatic heterocycles. The van der Waals surface area contributed by atoms with Crippen LogP contribution in [0.3, 0.4) is 0 Å².